The van der Waals surface area contributed by atoms with E-state index in [0.29, 0.717) is 52.2 Å². The molecule has 7 nitrogen and oxygen atoms in total. The number of ether oxygens (including phenoxy) is 1. The van der Waals surface area contributed by atoms with E-state index in [9.17, 15) is 13.2 Å². The summed E-state index contributed by atoms with van der Waals surface area (Å²) in [5, 5.41) is 0. The van der Waals surface area contributed by atoms with Crippen molar-refractivity contribution in [2.75, 3.05) is 52.5 Å². The Morgan fingerprint density at radius 2 is 1.33 bits per heavy atom. The van der Waals surface area contributed by atoms with E-state index in [1.165, 1.54) is 17.1 Å². The number of rotatable bonds is 3. The van der Waals surface area contributed by atoms with E-state index in [4.69, 9.17) is 4.74 Å². The normalized spacial score (nSPS) is 26.2. The molecular formula is C16H29N3O4S. The molecule has 0 atom stereocenters. The predicted octanol–water partition coefficient (Wildman–Crippen LogP) is 0.678. The smallest absolute Gasteiger partial charge is 0.282 e. The molecule has 138 valence electrons. The first kappa shape index (κ1) is 18.1. The van der Waals surface area contributed by atoms with Crippen LogP contribution >= 0.6 is 0 Å². The topological polar surface area (TPSA) is 70.2 Å². The summed E-state index contributed by atoms with van der Waals surface area (Å²) in [6.45, 7) is 4.40. The van der Waals surface area contributed by atoms with Crippen LogP contribution < -0.4 is 0 Å². The highest BCUT2D eigenvalue weighted by Crippen LogP contribution is 2.24. The van der Waals surface area contributed by atoms with Crippen LogP contribution in [0, 0.1) is 5.92 Å². The Labute approximate surface area is 145 Å². The Bertz CT molecular complexity index is 517. The molecule has 0 radical (unpaired) electrons. The van der Waals surface area contributed by atoms with Crippen molar-refractivity contribution in [3.63, 3.8) is 0 Å². The molecule has 24 heavy (non-hydrogen) atoms. The monoisotopic (exact) mass is 359 g/mol. The number of morpholine rings is 1. The van der Waals surface area contributed by atoms with E-state index in [1.54, 1.807) is 4.31 Å². The minimum absolute atomic E-state index is 0.0146. The van der Waals surface area contributed by atoms with Crippen LogP contribution in [0.25, 0.3) is 0 Å². The molecule has 1 amide bonds. The first-order valence-corrected chi connectivity index (χ1v) is 10.6. The predicted molar refractivity (Wildman–Crippen MR) is 90.7 cm³/mol. The van der Waals surface area contributed by atoms with Gasteiger partial charge in [0.25, 0.3) is 10.2 Å². The number of nitrogens with zero attached hydrogens (tertiary/aromatic N) is 3. The average molecular weight is 359 g/mol. The lowest BCUT2D eigenvalue weighted by atomic mass is 9.96. The molecular weight excluding hydrogens is 330 g/mol. The molecule has 0 aliphatic carbocycles. The van der Waals surface area contributed by atoms with Gasteiger partial charge in [0.05, 0.1) is 13.2 Å². The molecule has 3 heterocycles. The van der Waals surface area contributed by atoms with Crippen LogP contribution in [0.3, 0.4) is 0 Å². The Kier molecular flexibility index (Phi) is 6.12. The molecule has 0 aromatic rings. The number of piperidine rings is 1. The molecule has 8 heteroatoms. The van der Waals surface area contributed by atoms with Gasteiger partial charge in [-0.15, -0.1) is 0 Å². The first-order valence-electron chi connectivity index (χ1n) is 9.21. The number of hydrogen-bond acceptors (Lipinski definition) is 4. The summed E-state index contributed by atoms with van der Waals surface area (Å²) in [7, 11) is -3.40. The summed E-state index contributed by atoms with van der Waals surface area (Å²) in [6, 6.07) is 0. The van der Waals surface area contributed by atoms with Crippen molar-refractivity contribution in [1.82, 2.24) is 13.5 Å². The molecule has 0 saturated carbocycles. The van der Waals surface area contributed by atoms with Crippen LogP contribution in [-0.4, -0.2) is 80.3 Å². The van der Waals surface area contributed by atoms with Crippen LogP contribution in [0.4, 0.5) is 0 Å². The highest BCUT2D eigenvalue weighted by atomic mass is 32.2. The molecule has 3 rings (SSSR count). The molecule has 0 bridgehead atoms. The molecule has 0 spiro atoms. The first-order chi connectivity index (χ1) is 11.6. The fraction of sp³-hybridized carbons (Fsp3) is 0.938. The summed E-state index contributed by atoms with van der Waals surface area (Å²) in [5.74, 6) is 0.222. The third kappa shape index (κ3) is 4.09. The molecule has 3 fully saturated rings. The second-order valence-electron chi connectivity index (χ2n) is 6.93. The lowest BCUT2D eigenvalue weighted by molar-refractivity contribution is -0.136. The molecule has 3 aliphatic heterocycles. The van der Waals surface area contributed by atoms with Crippen molar-refractivity contribution in [2.45, 2.75) is 38.5 Å². The van der Waals surface area contributed by atoms with Gasteiger partial charge in [0, 0.05) is 45.2 Å². The van der Waals surface area contributed by atoms with Gasteiger partial charge in [0.1, 0.15) is 0 Å². The standard InChI is InChI=1S/C16H29N3O4S/c20-16(17-7-3-1-2-4-8-17)15-5-9-18(10-6-15)24(21,22)19-11-13-23-14-12-19/h15H,1-14H2. The summed E-state index contributed by atoms with van der Waals surface area (Å²) >= 11 is 0. The summed E-state index contributed by atoms with van der Waals surface area (Å²) in [4.78, 5) is 14.7. The molecule has 0 unspecified atom stereocenters. The lowest BCUT2D eigenvalue weighted by Gasteiger charge is -2.36. The van der Waals surface area contributed by atoms with Crippen LogP contribution in [0.2, 0.25) is 0 Å². The Morgan fingerprint density at radius 1 is 0.792 bits per heavy atom. The number of hydrogen-bond donors (Lipinski definition) is 0. The van der Waals surface area contributed by atoms with Crippen molar-refractivity contribution in [2.24, 2.45) is 5.92 Å². The zero-order chi connectivity index (χ0) is 17.0. The molecule has 0 N–H and O–H groups in total. The van der Waals surface area contributed by atoms with Gasteiger partial charge in [-0.2, -0.15) is 17.0 Å². The zero-order valence-electron chi connectivity index (χ0n) is 14.4. The zero-order valence-corrected chi connectivity index (χ0v) is 15.2. The third-order valence-electron chi connectivity index (χ3n) is 5.34. The van der Waals surface area contributed by atoms with Crippen LogP contribution in [0.1, 0.15) is 38.5 Å². The maximum atomic E-state index is 12.7. The van der Waals surface area contributed by atoms with Gasteiger partial charge in [-0.1, -0.05) is 12.8 Å². The van der Waals surface area contributed by atoms with E-state index >= 15 is 0 Å². The maximum Gasteiger partial charge on any atom is 0.282 e. The number of likely N-dealkylation sites (tertiary alicyclic amines) is 1. The fourth-order valence-corrected chi connectivity index (χ4v) is 5.43. The van der Waals surface area contributed by atoms with Gasteiger partial charge in [0.2, 0.25) is 5.91 Å². The number of carbonyl (C=O) groups excluding carboxylic acids is 1. The lowest BCUT2D eigenvalue weighted by Crippen LogP contribution is -2.52. The number of carbonyl (C=O) groups is 1. The Morgan fingerprint density at radius 3 is 1.92 bits per heavy atom. The van der Waals surface area contributed by atoms with E-state index < -0.39 is 10.2 Å². The summed E-state index contributed by atoms with van der Waals surface area (Å²) in [6.07, 6.45) is 5.88. The Balaban J connectivity index is 1.54. The van der Waals surface area contributed by atoms with Crippen molar-refractivity contribution in [1.29, 1.82) is 0 Å². The van der Waals surface area contributed by atoms with Gasteiger partial charge in [-0.3, -0.25) is 4.79 Å². The number of amides is 1. The second kappa shape index (κ2) is 8.12. The minimum Gasteiger partial charge on any atom is -0.379 e. The van der Waals surface area contributed by atoms with Crippen molar-refractivity contribution in [3.05, 3.63) is 0 Å². The van der Waals surface area contributed by atoms with Gasteiger partial charge in [0.15, 0.2) is 0 Å². The molecule has 3 aliphatic rings. The van der Waals surface area contributed by atoms with E-state index in [-0.39, 0.29) is 11.8 Å². The van der Waals surface area contributed by atoms with Crippen LogP contribution in [-0.2, 0) is 19.7 Å². The van der Waals surface area contributed by atoms with Gasteiger partial charge >= 0.3 is 0 Å². The SMILES string of the molecule is O=C(C1CCN(S(=O)(=O)N2CCOCC2)CC1)N1CCCCCC1. The van der Waals surface area contributed by atoms with Crippen LogP contribution in [0.15, 0.2) is 0 Å². The molecule has 0 aromatic heterocycles. The highest BCUT2D eigenvalue weighted by molar-refractivity contribution is 7.86. The summed E-state index contributed by atoms with van der Waals surface area (Å²) in [5.41, 5.74) is 0. The second-order valence-corrected chi connectivity index (χ2v) is 8.86. The largest absolute Gasteiger partial charge is 0.379 e. The average Bonchev–Trinajstić information content (AvgIpc) is 2.91. The fourth-order valence-electron chi connectivity index (χ4n) is 3.82. The van der Waals surface area contributed by atoms with E-state index in [0.717, 1.165) is 25.9 Å². The van der Waals surface area contributed by atoms with Crippen molar-refractivity contribution < 1.29 is 17.9 Å². The quantitative estimate of drug-likeness (QED) is 0.743. The minimum atomic E-state index is -3.40. The van der Waals surface area contributed by atoms with Crippen molar-refractivity contribution >= 4 is 16.1 Å². The van der Waals surface area contributed by atoms with Gasteiger partial charge in [-0.25, -0.2) is 0 Å². The highest BCUT2D eigenvalue weighted by Gasteiger charge is 2.36. The van der Waals surface area contributed by atoms with Crippen molar-refractivity contribution in [3.8, 4) is 0 Å². The molecule has 3 saturated heterocycles. The summed E-state index contributed by atoms with van der Waals surface area (Å²) < 4.78 is 33.6. The van der Waals surface area contributed by atoms with Crippen LogP contribution in [0.5, 0.6) is 0 Å². The third-order valence-corrected chi connectivity index (χ3v) is 7.38. The molecule has 0 aromatic carbocycles. The van der Waals surface area contributed by atoms with E-state index in [2.05, 4.69) is 0 Å². The Hall–Kier alpha value is -0.700. The maximum absolute atomic E-state index is 12.7. The van der Waals surface area contributed by atoms with E-state index in [1.807, 2.05) is 4.90 Å². The van der Waals surface area contributed by atoms with Gasteiger partial charge < -0.3 is 9.64 Å². The van der Waals surface area contributed by atoms with Gasteiger partial charge in [-0.05, 0) is 25.7 Å².